The molecule has 0 aliphatic carbocycles. The third kappa shape index (κ3) is 1.96. The van der Waals surface area contributed by atoms with Crippen LogP contribution in [0.4, 0.5) is 0 Å². The summed E-state index contributed by atoms with van der Waals surface area (Å²) in [5.74, 6) is -0.262. The van der Waals surface area contributed by atoms with Gasteiger partial charge in [0.1, 0.15) is 12.2 Å². The van der Waals surface area contributed by atoms with Crippen LogP contribution >= 0.6 is 0 Å². The lowest BCUT2D eigenvalue weighted by atomic mass is 10.1. The van der Waals surface area contributed by atoms with Gasteiger partial charge in [0.15, 0.2) is 0 Å². The van der Waals surface area contributed by atoms with Crippen LogP contribution in [-0.4, -0.2) is 35.5 Å². The fourth-order valence-corrected chi connectivity index (χ4v) is 1.82. The highest BCUT2D eigenvalue weighted by Gasteiger charge is 2.31. The zero-order valence-corrected chi connectivity index (χ0v) is 8.05. The number of carbonyl (C=O) groups excluding carboxylic acids is 1. The van der Waals surface area contributed by atoms with Gasteiger partial charge in [-0.2, -0.15) is 0 Å². The highest BCUT2D eigenvalue weighted by Crippen LogP contribution is 2.22. The molecule has 0 aromatic heterocycles. The predicted molar refractivity (Wildman–Crippen MR) is 48.6 cm³/mol. The van der Waals surface area contributed by atoms with Gasteiger partial charge in [-0.05, 0) is 6.92 Å². The highest BCUT2D eigenvalue weighted by molar-refractivity contribution is 5.70. The third-order valence-electron chi connectivity index (χ3n) is 2.50. The van der Waals surface area contributed by atoms with E-state index in [-0.39, 0.29) is 30.7 Å². The van der Waals surface area contributed by atoms with Crippen LogP contribution in [0.25, 0.3) is 0 Å². The van der Waals surface area contributed by atoms with Crippen LogP contribution in [0.15, 0.2) is 12.2 Å². The summed E-state index contributed by atoms with van der Waals surface area (Å²) in [6, 6.07) is 0. The summed E-state index contributed by atoms with van der Waals surface area (Å²) < 4.78 is 10.5. The van der Waals surface area contributed by atoms with Crippen molar-refractivity contribution in [2.45, 2.75) is 44.2 Å². The minimum Gasteiger partial charge on any atom is -0.462 e. The molecule has 0 aromatic carbocycles. The average molecular weight is 198 g/mol. The number of fused-ring (bicyclic) bond motifs is 2. The van der Waals surface area contributed by atoms with Gasteiger partial charge in [0, 0.05) is 6.42 Å². The van der Waals surface area contributed by atoms with E-state index in [4.69, 9.17) is 9.47 Å². The molecule has 2 aliphatic heterocycles. The fourth-order valence-electron chi connectivity index (χ4n) is 1.82. The van der Waals surface area contributed by atoms with E-state index < -0.39 is 6.10 Å². The number of rotatable bonds is 0. The molecular weight excluding hydrogens is 184 g/mol. The van der Waals surface area contributed by atoms with Crippen molar-refractivity contribution in [2.24, 2.45) is 0 Å². The van der Waals surface area contributed by atoms with Gasteiger partial charge < -0.3 is 14.6 Å². The van der Waals surface area contributed by atoms with Crippen LogP contribution in [0.1, 0.15) is 19.8 Å². The molecule has 0 aromatic rings. The number of hydrogen-bond acceptors (Lipinski definition) is 4. The van der Waals surface area contributed by atoms with Crippen LogP contribution in [0.5, 0.6) is 0 Å². The minimum absolute atomic E-state index is 0.229. The lowest BCUT2D eigenvalue weighted by Gasteiger charge is -2.19. The van der Waals surface area contributed by atoms with Crippen LogP contribution < -0.4 is 0 Å². The van der Waals surface area contributed by atoms with Crippen molar-refractivity contribution in [1.82, 2.24) is 0 Å². The lowest BCUT2D eigenvalue weighted by Crippen LogP contribution is -2.29. The second-order valence-electron chi connectivity index (χ2n) is 3.83. The maximum absolute atomic E-state index is 11.3. The number of carbonyl (C=O) groups is 1. The van der Waals surface area contributed by atoms with Gasteiger partial charge in [0.05, 0.1) is 18.6 Å². The Hall–Kier alpha value is -0.870. The second kappa shape index (κ2) is 3.71. The molecule has 0 unspecified atom stereocenters. The van der Waals surface area contributed by atoms with Gasteiger partial charge in [-0.25, -0.2) is 0 Å². The van der Waals surface area contributed by atoms with Crippen molar-refractivity contribution in [1.29, 1.82) is 0 Å². The molecule has 2 aliphatic rings. The highest BCUT2D eigenvalue weighted by atomic mass is 16.6. The molecule has 2 bridgehead atoms. The topological polar surface area (TPSA) is 55.8 Å². The minimum atomic E-state index is -0.586. The maximum Gasteiger partial charge on any atom is 0.309 e. The summed E-state index contributed by atoms with van der Waals surface area (Å²) in [5.41, 5.74) is 0. The molecule has 0 amide bonds. The van der Waals surface area contributed by atoms with Gasteiger partial charge in [0.2, 0.25) is 0 Å². The van der Waals surface area contributed by atoms with Crippen LogP contribution in [0.2, 0.25) is 0 Å². The largest absolute Gasteiger partial charge is 0.462 e. The quantitative estimate of drug-likeness (QED) is 0.452. The van der Waals surface area contributed by atoms with E-state index in [2.05, 4.69) is 0 Å². The van der Waals surface area contributed by atoms with Crippen molar-refractivity contribution in [3.8, 4) is 0 Å². The van der Waals surface area contributed by atoms with E-state index in [9.17, 15) is 9.90 Å². The number of ether oxygens (including phenoxy) is 2. The molecule has 14 heavy (non-hydrogen) atoms. The van der Waals surface area contributed by atoms with Gasteiger partial charge in [-0.3, -0.25) is 4.79 Å². The molecule has 0 radical (unpaired) electrons. The van der Waals surface area contributed by atoms with Crippen molar-refractivity contribution in [3.05, 3.63) is 12.2 Å². The van der Waals surface area contributed by atoms with E-state index in [0.29, 0.717) is 6.42 Å². The molecule has 4 nitrogen and oxygen atoms in total. The summed E-state index contributed by atoms with van der Waals surface area (Å²) in [7, 11) is 0. The molecule has 1 saturated heterocycles. The first kappa shape index (κ1) is 9.68. The Morgan fingerprint density at radius 3 is 3.07 bits per heavy atom. The molecule has 78 valence electrons. The van der Waals surface area contributed by atoms with Crippen molar-refractivity contribution in [2.75, 3.05) is 0 Å². The summed E-state index contributed by atoms with van der Waals surface area (Å²) in [5, 5.41) is 9.71. The second-order valence-corrected chi connectivity index (χ2v) is 3.83. The SMILES string of the molecule is C[C@@H]1C[C@H](O)[C@H]2C=C[C@H](CC(=O)O1)O2. The number of hydrogen-bond donors (Lipinski definition) is 1. The van der Waals surface area contributed by atoms with E-state index in [0.717, 1.165) is 0 Å². The first-order valence-corrected chi connectivity index (χ1v) is 4.86. The Balaban J connectivity index is 2.11. The number of esters is 1. The average Bonchev–Trinajstić information content (AvgIpc) is 2.51. The first-order chi connectivity index (χ1) is 6.65. The predicted octanol–water partition coefficient (Wildman–Crippen LogP) is 0.396. The summed E-state index contributed by atoms with van der Waals surface area (Å²) in [4.78, 5) is 11.3. The van der Waals surface area contributed by atoms with E-state index in [1.165, 1.54) is 0 Å². The number of cyclic esters (lactones) is 1. The maximum atomic E-state index is 11.3. The molecule has 0 saturated carbocycles. The van der Waals surface area contributed by atoms with Crippen molar-refractivity contribution in [3.63, 3.8) is 0 Å². The van der Waals surface area contributed by atoms with Crippen LogP contribution in [0.3, 0.4) is 0 Å². The molecule has 2 heterocycles. The Bertz CT molecular complexity index is 261. The fraction of sp³-hybridized carbons (Fsp3) is 0.700. The molecule has 0 spiro atoms. The van der Waals surface area contributed by atoms with Crippen molar-refractivity contribution < 1.29 is 19.4 Å². The standard InChI is InChI=1S/C10H14O4/c1-6-4-8(11)9-3-2-7(14-9)5-10(12)13-6/h2-3,6-9,11H,4-5H2,1H3/t6-,7-,8+,9-/m1/s1. The van der Waals surface area contributed by atoms with Crippen LogP contribution in [0, 0.1) is 0 Å². The molecule has 2 rings (SSSR count). The monoisotopic (exact) mass is 198 g/mol. The summed E-state index contributed by atoms with van der Waals surface area (Å²) in [6.45, 7) is 1.78. The Labute approximate surface area is 82.5 Å². The van der Waals surface area contributed by atoms with Crippen LogP contribution in [-0.2, 0) is 14.3 Å². The Kier molecular flexibility index (Phi) is 2.56. The molecule has 1 N–H and O–H groups in total. The smallest absolute Gasteiger partial charge is 0.309 e. The molecular formula is C10H14O4. The zero-order chi connectivity index (χ0) is 10.1. The summed E-state index contributed by atoms with van der Waals surface area (Å²) in [6.07, 6.45) is 2.96. The summed E-state index contributed by atoms with van der Waals surface area (Å²) >= 11 is 0. The van der Waals surface area contributed by atoms with Gasteiger partial charge >= 0.3 is 5.97 Å². The molecule has 4 heteroatoms. The number of aliphatic hydroxyl groups excluding tert-OH is 1. The van der Waals surface area contributed by atoms with Gasteiger partial charge in [-0.1, -0.05) is 12.2 Å². The molecule has 1 fully saturated rings. The van der Waals surface area contributed by atoms with E-state index in [1.54, 1.807) is 6.92 Å². The third-order valence-corrected chi connectivity index (χ3v) is 2.50. The van der Waals surface area contributed by atoms with E-state index in [1.807, 2.05) is 12.2 Å². The lowest BCUT2D eigenvalue weighted by molar-refractivity contribution is -0.149. The van der Waals surface area contributed by atoms with Gasteiger partial charge in [0.25, 0.3) is 0 Å². The number of aliphatic hydroxyl groups is 1. The first-order valence-electron chi connectivity index (χ1n) is 4.86. The Morgan fingerprint density at radius 2 is 2.29 bits per heavy atom. The van der Waals surface area contributed by atoms with E-state index >= 15 is 0 Å². The zero-order valence-electron chi connectivity index (χ0n) is 8.05. The normalized spacial score (nSPS) is 42.6. The Morgan fingerprint density at radius 1 is 1.50 bits per heavy atom. The van der Waals surface area contributed by atoms with Gasteiger partial charge in [-0.15, -0.1) is 0 Å². The van der Waals surface area contributed by atoms with Crippen molar-refractivity contribution >= 4 is 5.97 Å². The molecule has 4 atom stereocenters.